The largest absolute Gasteiger partial charge is 0.439 e. The number of aromatic nitrogens is 1. The molecule has 0 aliphatic carbocycles. The maximum atomic E-state index is 12.6. The maximum absolute atomic E-state index is 12.6. The molecule has 25 heavy (non-hydrogen) atoms. The van der Waals surface area contributed by atoms with E-state index >= 15 is 0 Å². The number of carbonyl (C=O) groups is 1. The zero-order valence-corrected chi connectivity index (χ0v) is 14.5. The number of hydrogen-bond donors (Lipinski definition) is 2. The van der Waals surface area contributed by atoms with Crippen LogP contribution in [0.5, 0.6) is 11.6 Å². The average Bonchev–Trinajstić information content (AvgIpc) is 2.65. The van der Waals surface area contributed by atoms with E-state index in [2.05, 4.69) is 15.6 Å². The third-order valence-corrected chi connectivity index (χ3v) is 4.45. The summed E-state index contributed by atoms with van der Waals surface area (Å²) < 4.78 is 11.2. The fourth-order valence-corrected chi connectivity index (χ4v) is 2.84. The van der Waals surface area contributed by atoms with Crippen LogP contribution < -0.4 is 15.4 Å². The number of methoxy groups -OCH3 is 1. The predicted molar refractivity (Wildman–Crippen MR) is 96.0 cm³/mol. The van der Waals surface area contributed by atoms with Gasteiger partial charge in [-0.3, -0.25) is 4.79 Å². The van der Waals surface area contributed by atoms with Crippen molar-refractivity contribution >= 4 is 11.6 Å². The van der Waals surface area contributed by atoms with E-state index in [4.69, 9.17) is 9.47 Å². The molecule has 3 rings (SSSR count). The van der Waals surface area contributed by atoms with Gasteiger partial charge in [0.2, 0.25) is 5.88 Å². The topological polar surface area (TPSA) is 72.5 Å². The first-order valence-corrected chi connectivity index (χ1v) is 8.39. The molecule has 0 radical (unpaired) electrons. The van der Waals surface area contributed by atoms with Gasteiger partial charge in [0.25, 0.3) is 5.91 Å². The Labute approximate surface area is 147 Å². The van der Waals surface area contributed by atoms with Crippen LogP contribution in [0.1, 0.15) is 18.4 Å². The molecule has 1 fully saturated rings. The molecule has 0 bridgehead atoms. The number of nitrogens with zero attached hydrogens (tertiary/aromatic N) is 1. The Morgan fingerprint density at radius 1 is 1.16 bits per heavy atom. The molecular formula is C19H23N3O3. The Hall–Kier alpha value is -2.44. The summed E-state index contributed by atoms with van der Waals surface area (Å²) in [6.45, 7) is 3.56. The number of amides is 1. The summed E-state index contributed by atoms with van der Waals surface area (Å²) in [5.74, 6) is 1.07. The Morgan fingerprint density at radius 2 is 1.88 bits per heavy atom. The number of pyridine rings is 1. The van der Waals surface area contributed by atoms with Gasteiger partial charge in [-0.15, -0.1) is 0 Å². The van der Waals surface area contributed by atoms with Crippen molar-refractivity contribution in [3.8, 4) is 11.6 Å². The second-order valence-corrected chi connectivity index (χ2v) is 6.20. The Balaban J connectivity index is 1.63. The first kappa shape index (κ1) is 17.4. The SMILES string of the molecule is COC1(C(=O)Nc2ccc(Oc3ccc(C)cc3)nc2)CCNCC1. The highest BCUT2D eigenvalue weighted by Crippen LogP contribution is 2.25. The van der Waals surface area contributed by atoms with E-state index in [1.807, 2.05) is 31.2 Å². The molecule has 0 unspecified atom stereocenters. The summed E-state index contributed by atoms with van der Waals surface area (Å²) in [5.41, 5.74) is 1.02. The molecule has 2 heterocycles. The van der Waals surface area contributed by atoms with Crippen LogP contribution in [0.2, 0.25) is 0 Å². The summed E-state index contributed by atoms with van der Waals surface area (Å²) in [7, 11) is 1.58. The Morgan fingerprint density at radius 3 is 2.48 bits per heavy atom. The predicted octanol–water partition coefficient (Wildman–Crippen LogP) is 2.89. The van der Waals surface area contributed by atoms with Crippen molar-refractivity contribution in [3.63, 3.8) is 0 Å². The molecule has 6 nitrogen and oxygen atoms in total. The monoisotopic (exact) mass is 341 g/mol. The molecule has 1 aromatic carbocycles. The lowest BCUT2D eigenvalue weighted by Gasteiger charge is -2.34. The third-order valence-electron chi connectivity index (χ3n) is 4.45. The number of rotatable bonds is 5. The second kappa shape index (κ2) is 7.63. The van der Waals surface area contributed by atoms with Crippen molar-refractivity contribution in [2.24, 2.45) is 0 Å². The Bertz CT molecular complexity index is 708. The molecule has 1 aromatic heterocycles. The van der Waals surface area contributed by atoms with Crippen molar-refractivity contribution in [2.75, 3.05) is 25.5 Å². The summed E-state index contributed by atoms with van der Waals surface area (Å²) in [6.07, 6.45) is 2.89. The number of anilines is 1. The summed E-state index contributed by atoms with van der Waals surface area (Å²) in [5, 5.41) is 6.13. The highest BCUT2D eigenvalue weighted by Gasteiger charge is 2.39. The minimum absolute atomic E-state index is 0.134. The van der Waals surface area contributed by atoms with E-state index in [1.54, 1.807) is 25.4 Å². The zero-order chi connectivity index (χ0) is 17.7. The lowest BCUT2D eigenvalue weighted by molar-refractivity contribution is -0.140. The van der Waals surface area contributed by atoms with E-state index in [0.29, 0.717) is 24.4 Å². The summed E-state index contributed by atoms with van der Waals surface area (Å²) in [4.78, 5) is 16.9. The van der Waals surface area contributed by atoms with Gasteiger partial charge in [-0.25, -0.2) is 4.98 Å². The van der Waals surface area contributed by atoms with Crippen molar-refractivity contribution in [1.29, 1.82) is 0 Å². The lowest BCUT2D eigenvalue weighted by Crippen LogP contribution is -2.51. The molecule has 1 saturated heterocycles. The zero-order valence-electron chi connectivity index (χ0n) is 14.5. The van der Waals surface area contributed by atoms with Gasteiger partial charge in [-0.2, -0.15) is 0 Å². The first-order chi connectivity index (χ1) is 12.1. The van der Waals surface area contributed by atoms with Gasteiger partial charge in [-0.1, -0.05) is 17.7 Å². The highest BCUT2D eigenvalue weighted by atomic mass is 16.5. The molecular weight excluding hydrogens is 318 g/mol. The van der Waals surface area contributed by atoms with Gasteiger partial charge in [0.1, 0.15) is 11.4 Å². The van der Waals surface area contributed by atoms with E-state index in [9.17, 15) is 4.79 Å². The molecule has 0 saturated carbocycles. The van der Waals surface area contributed by atoms with E-state index < -0.39 is 5.60 Å². The number of aryl methyl sites for hydroxylation is 1. The number of piperidine rings is 1. The molecule has 2 N–H and O–H groups in total. The molecule has 1 amide bonds. The molecule has 1 aliphatic heterocycles. The standard InChI is InChI=1S/C19H23N3O3/c1-14-3-6-16(7-4-14)25-17-8-5-15(13-21-17)22-18(23)19(24-2)9-11-20-12-10-19/h3-8,13,20H,9-12H2,1-2H3,(H,22,23). The van der Waals surface area contributed by atoms with Crippen LogP contribution in [0, 0.1) is 6.92 Å². The first-order valence-electron chi connectivity index (χ1n) is 8.39. The van der Waals surface area contributed by atoms with Crippen LogP contribution >= 0.6 is 0 Å². The normalized spacial score (nSPS) is 16.2. The highest BCUT2D eigenvalue weighted by molar-refractivity contribution is 5.97. The van der Waals surface area contributed by atoms with Crippen LogP contribution in [0.15, 0.2) is 42.6 Å². The van der Waals surface area contributed by atoms with Gasteiger partial charge in [0.15, 0.2) is 0 Å². The van der Waals surface area contributed by atoms with Gasteiger partial charge in [0.05, 0.1) is 11.9 Å². The quantitative estimate of drug-likeness (QED) is 0.875. The molecule has 2 aromatic rings. The van der Waals surface area contributed by atoms with Crippen molar-refractivity contribution in [1.82, 2.24) is 10.3 Å². The number of carbonyl (C=O) groups excluding carboxylic acids is 1. The van der Waals surface area contributed by atoms with Gasteiger partial charge in [-0.05, 0) is 51.1 Å². The van der Waals surface area contributed by atoms with Gasteiger partial charge >= 0.3 is 0 Å². The van der Waals surface area contributed by atoms with Crippen LogP contribution in [0.4, 0.5) is 5.69 Å². The maximum Gasteiger partial charge on any atom is 0.256 e. The van der Waals surface area contributed by atoms with Crippen LogP contribution in [-0.2, 0) is 9.53 Å². The molecule has 132 valence electrons. The lowest BCUT2D eigenvalue weighted by atomic mass is 9.91. The number of benzene rings is 1. The molecule has 6 heteroatoms. The second-order valence-electron chi connectivity index (χ2n) is 6.20. The Kier molecular flexibility index (Phi) is 5.31. The molecule has 0 spiro atoms. The van der Waals surface area contributed by atoms with E-state index in [-0.39, 0.29) is 5.91 Å². The fraction of sp³-hybridized carbons (Fsp3) is 0.368. The van der Waals surface area contributed by atoms with Gasteiger partial charge in [0, 0.05) is 13.2 Å². The van der Waals surface area contributed by atoms with Crippen LogP contribution in [0.25, 0.3) is 0 Å². The molecule has 0 atom stereocenters. The average molecular weight is 341 g/mol. The smallest absolute Gasteiger partial charge is 0.256 e. The van der Waals surface area contributed by atoms with Crippen molar-refractivity contribution in [2.45, 2.75) is 25.4 Å². The summed E-state index contributed by atoms with van der Waals surface area (Å²) in [6, 6.07) is 11.3. The van der Waals surface area contributed by atoms with Crippen molar-refractivity contribution in [3.05, 3.63) is 48.2 Å². The van der Waals surface area contributed by atoms with Crippen molar-refractivity contribution < 1.29 is 14.3 Å². The van der Waals surface area contributed by atoms with E-state index in [1.165, 1.54) is 5.56 Å². The van der Waals surface area contributed by atoms with Gasteiger partial charge < -0.3 is 20.1 Å². The van der Waals surface area contributed by atoms with Crippen LogP contribution in [0.3, 0.4) is 0 Å². The minimum atomic E-state index is -0.775. The number of nitrogens with one attached hydrogen (secondary N) is 2. The summed E-state index contributed by atoms with van der Waals surface area (Å²) >= 11 is 0. The van der Waals surface area contributed by atoms with E-state index in [0.717, 1.165) is 18.8 Å². The number of ether oxygens (including phenoxy) is 2. The van der Waals surface area contributed by atoms with Crippen LogP contribution in [-0.4, -0.2) is 36.7 Å². The third kappa shape index (κ3) is 4.15. The fourth-order valence-electron chi connectivity index (χ4n) is 2.84. The minimum Gasteiger partial charge on any atom is -0.439 e. The molecule has 1 aliphatic rings. The number of hydrogen-bond acceptors (Lipinski definition) is 5.